The van der Waals surface area contributed by atoms with E-state index in [0.717, 1.165) is 22.7 Å². The number of fused-ring (bicyclic) bond motifs is 1. The third kappa shape index (κ3) is 3.88. The molecule has 2 aromatic carbocycles. The van der Waals surface area contributed by atoms with Crippen LogP contribution in [0.2, 0.25) is 0 Å². The Morgan fingerprint density at radius 3 is 2.37 bits per heavy atom. The second-order valence-corrected chi connectivity index (χ2v) is 9.18. The SMILES string of the molecule is COc1ccc(-c2cc3n(n2)CCCN(S(=O)(=O)c2ccc(C(C)=O)cc2)C3)cc1. The molecule has 156 valence electrons. The van der Waals surface area contributed by atoms with Gasteiger partial charge in [0.15, 0.2) is 5.78 Å². The number of rotatable bonds is 5. The molecule has 0 saturated heterocycles. The summed E-state index contributed by atoms with van der Waals surface area (Å²) < 4.78 is 34.9. The van der Waals surface area contributed by atoms with Crippen molar-refractivity contribution in [1.82, 2.24) is 14.1 Å². The lowest BCUT2D eigenvalue weighted by Gasteiger charge is -2.19. The molecule has 0 radical (unpaired) electrons. The number of carbonyl (C=O) groups excluding carboxylic acids is 1. The van der Waals surface area contributed by atoms with Crippen molar-refractivity contribution >= 4 is 15.8 Å². The quantitative estimate of drug-likeness (QED) is 0.586. The first kappa shape index (κ1) is 20.3. The van der Waals surface area contributed by atoms with Crippen molar-refractivity contribution in [2.24, 2.45) is 0 Å². The van der Waals surface area contributed by atoms with Gasteiger partial charge in [-0.25, -0.2) is 8.42 Å². The highest BCUT2D eigenvalue weighted by atomic mass is 32.2. The number of aryl methyl sites for hydroxylation is 1. The molecule has 8 heteroatoms. The molecule has 0 saturated carbocycles. The first-order valence-corrected chi connectivity index (χ1v) is 11.1. The summed E-state index contributed by atoms with van der Waals surface area (Å²) in [7, 11) is -2.05. The average molecular weight is 426 g/mol. The smallest absolute Gasteiger partial charge is 0.243 e. The van der Waals surface area contributed by atoms with Gasteiger partial charge >= 0.3 is 0 Å². The maximum Gasteiger partial charge on any atom is 0.243 e. The van der Waals surface area contributed by atoms with Crippen LogP contribution in [0.5, 0.6) is 5.75 Å². The molecule has 3 aromatic rings. The van der Waals surface area contributed by atoms with E-state index in [2.05, 4.69) is 5.10 Å². The zero-order valence-corrected chi connectivity index (χ0v) is 17.7. The number of methoxy groups -OCH3 is 1. The fraction of sp³-hybridized carbons (Fsp3) is 0.273. The molecule has 4 rings (SSSR count). The van der Waals surface area contributed by atoms with E-state index < -0.39 is 10.0 Å². The minimum absolute atomic E-state index is 0.0938. The topological polar surface area (TPSA) is 81.5 Å². The summed E-state index contributed by atoms with van der Waals surface area (Å²) in [5, 5.41) is 4.67. The van der Waals surface area contributed by atoms with Crippen LogP contribution in [0.3, 0.4) is 0 Å². The third-order valence-electron chi connectivity index (χ3n) is 5.26. The standard InChI is InChI=1S/C22H23N3O4S/c1-16(26)17-6-10-21(11-7-17)30(27,28)24-12-3-13-25-19(15-24)14-22(23-25)18-4-8-20(29-2)9-5-18/h4-11,14H,3,12-13,15H2,1-2H3. The van der Waals surface area contributed by atoms with Gasteiger partial charge in [-0.1, -0.05) is 12.1 Å². The second kappa shape index (κ2) is 8.04. The van der Waals surface area contributed by atoms with Gasteiger partial charge in [0.1, 0.15) is 5.75 Å². The normalized spacial score (nSPS) is 14.7. The fourth-order valence-corrected chi connectivity index (χ4v) is 5.00. The van der Waals surface area contributed by atoms with E-state index >= 15 is 0 Å². The van der Waals surface area contributed by atoms with Crippen LogP contribution in [0.15, 0.2) is 59.5 Å². The molecule has 7 nitrogen and oxygen atoms in total. The summed E-state index contributed by atoms with van der Waals surface area (Å²) in [6.45, 7) is 2.78. The van der Waals surface area contributed by atoms with Crippen LogP contribution < -0.4 is 4.74 Å². The van der Waals surface area contributed by atoms with Crippen LogP contribution in [0.4, 0.5) is 0 Å². The van der Waals surface area contributed by atoms with E-state index in [1.807, 2.05) is 35.0 Å². The summed E-state index contributed by atoms with van der Waals surface area (Å²) in [5.74, 6) is 0.677. The second-order valence-electron chi connectivity index (χ2n) is 7.25. The highest BCUT2D eigenvalue weighted by Gasteiger charge is 2.28. The lowest BCUT2D eigenvalue weighted by Crippen LogP contribution is -2.30. The van der Waals surface area contributed by atoms with Gasteiger partial charge in [0.05, 0.1) is 29.9 Å². The van der Waals surface area contributed by atoms with Gasteiger partial charge in [0.25, 0.3) is 0 Å². The molecule has 1 aliphatic heterocycles. The number of hydrogen-bond acceptors (Lipinski definition) is 5. The van der Waals surface area contributed by atoms with Gasteiger partial charge in [0.2, 0.25) is 10.0 Å². The molecule has 2 heterocycles. The maximum absolute atomic E-state index is 13.2. The van der Waals surface area contributed by atoms with E-state index in [0.29, 0.717) is 25.1 Å². The number of sulfonamides is 1. The molecular formula is C22H23N3O4S. The van der Waals surface area contributed by atoms with E-state index in [-0.39, 0.29) is 17.2 Å². The van der Waals surface area contributed by atoms with Gasteiger partial charge in [-0.15, -0.1) is 0 Å². The molecule has 1 aromatic heterocycles. The van der Waals surface area contributed by atoms with Crippen LogP contribution in [0.1, 0.15) is 29.4 Å². The van der Waals surface area contributed by atoms with Crippen molar-refractivity contribution in [1.29, 1.82) is 0 Å². The van der Waals surface area contributed by atoms with Crippen molar-refractivity contribution in [2.45, 2.75) is 31.3 Å². The number of hydrogen-bond donors (Lipinski definition) is 0. The van der Waals surface area contributed by atoms with Gasteiger partial charge < -0.3 is 4.74 Å². The third-order valence-corrected chi connectivity index (χ3v) is 7.12. The molecule has 0 N–H and O–H groups in total. The highest BCUT2D eigenvalue weighted by molar-refractivity contribution is 7.89. The van der Waals surface area contributed by atoms with Crippen molar-refractivity contribution < 1.29 is 17.9 Å². The summed E-state index contributed by atoms with van der Waals surface area (Å²) in [6.07, 6.45) is 0.668. The highest BCUT2D eigenvalue weighted by Crippen LogP contribution is 2.26. The Hall–Kier alpha value is -2.97. The predicted octanol–water partition coefficient (Wildman–Crippen LogP) is 3.36. The maximum atomic E-state index is 13.2. The minimum Gasteiger partial charge on any atom is -0.497 e. The zero-order valence-electron chi connectivity index (χ0n) is 16.9. The van der Waals surface area contributed by atoms with Crippen molar-refractivity contribution in [3.63, 3.8) is 0 Å². The number of benzene rings is 2. The van der Waals surface area contributed by atoms with Gasteiger partial charge in [-0.2, -0.15) is 9.40 Å². The largest absolute Gasteiger partial charge is 0.497 e. The van der Waals surface area contributed by atoms with E-state index in [1.54, 1.807) is 19.2 Å². The van der Waals surface area contributed by atoms with E-state index in [1.165, 1.54) is 23.4 Å². The number of nitrogens with zero attached hydrogens (tertiary/aromatic N) is 3. The molecule has 0 amide bonds. The Kier molecular flexibility index (Phi) is 5.44. The molecule has 0 aliphatic carbocycles. The molecule has 0 spiro atoms. The summed E-state index contributed by atoms with van der Waals surface area (Å²) in [6, 6.07) is 15.7. The Morgan fingerprint density at radius 2 is 1.73 bits per heavy atom. The molecule has 0 unspecified atom stereocenters. The van der Waals surface area contributed by atoms with E-state index in [9.17, 15) is 13.2 Å². The number of ether oxygens (including phenoxy) is 1. The zero-order chi connectivity index (χ0) is 21.3. The molecule has 0 bridgehead atoms. The Bertz CT molecular complexity index is 1170. The molecule has 0 atom stereocenters. The summed E-state index contributed by atoms with van der Waals surface area (Å²) in [4.78, 5) is 11.7. The van der Waals surface area contributed by atoms with Crippen molar-refractivity contribution in [3.8, 4) is 17.0 Å². The first-order valence-electron chi connectivity index (χ1n) is 9.71. The number of carbonyl (C=O) groups is 1. The van der Waals surface area contributed by atoms with Crippen LogP contribution in [-0.2, 0) is 23.1 Å². The van der Waals surface area contributed by atoms with Crippen LogP contribution >= 0.6 is 0 Å². The molecule has 0 fully saturated rings. The van der Waals surface area contributed by atoms with Crippen LogP contribution in [0.25, 0.3) is 11.3 Å². The minimum atomic E-state index is -3.67. The molecule has 30 heavy (non-hydrogen) atoms. The predicted molar refractivity (Wildman–Crippen MR) is 113 cm³/mol. The van der Waals surface area contributed by atoms with Crippen LogP contribution in [0, 0.1) is 0 Å². The fourth-order valence-electron chi connectivity index (χ4n) is 3.55. The van der Waals surface area contributed by atoms with Gasteiger partial charge in [-0.3, -0.25) is 9.48 Å². The van der Waals surface area contributed by atoms with E-state index in [4.69, 9.17) is 4.74 Å². The Balaban J connectivity index is 1.61. The first-order chi connectivity index (χ1) is 14.4. The Morgan fingerprint density at radius 1 is 1.03 bits per heavy atom. The van der Waals surface area contributed by atoms with Gasteiger partial charge in [-0.05, 0) is 55.8 Å². The van der Waals surface area contributed by atoms with Gasteiger partial charge in [0, 0.05) is 24.2 Å². The lowest BCUT2D eigenvalue weighted by atomic mass is 10.1. The van der Waals surface area contributed by atoms with Crippen molar-refractivity contribution in [3.05, 3.63) is 65.9 Å². The van der Waals surface area contributed by atoms with Crippen LogP contribution in [-0.4, -0.2) is 41.9 Å². The van der Waals surface area contributed by atoms with Crippen molar-refractivity contribution in [2.75, 3.05) is 13.7 Å². The molecule has 1 aliphatic rings. The Labute approximate surface area is 175 Å². The number of ketones is 1. The number of Topliss-reactive ketones (excluding diaryl/α,β-unsaturated/α-hetero) is 1. The monoisotopic (exact) mass is 425 g/mol. The number of aromatic nitrogens is 2. The lowest BCUT2D eigenvalue weighted by molar-refractivity contribution is 0.101. The molecular weight excluding hydrogens is 402 g/mol. The summed E-state index contributed by atoms with van der Waals surface area (Å²) in [5.41, 5.74) is 3.09. The summed E-state index contributed by atoms with van der Waals surface area (Å²) >= 11 is 0. The average Bonchev–Trinajstić information content (AvgIpc) is 3.04.